The molecule has 0 N–H and O–H groups in total. The minimum Gasteiger partial charge on any atom is -0.371 e. The van der Waals surface area contributed by atoms with Crippen molar-refractivity contribution in [2.45, 2.75) is 63.3 Å². The zero-order chi connectivity index (χ0) is 22.6. The Balaban J connectivity index is 1.16. The van der Waals surface area contributed by atoms with Crippen molar-refractivity contribution in [2.75, 3.05) is 44.7 Å². The van der Waals surface area contributed by atoms with Crippen molar-refractivity contribution in [3.8, 4) is 0 Å². The smallest absolute Gasteiger partial charge is 0.253 e. The molecule has 33 heavy (non-hydrogen) atoms. The van der Waals surface area contributed by atoms with Gasteiger partial charge in [-0.25, -0.2) is 0 Å². The van der Waals surface area contributed by atoms with Crippen LogP contribution in [0.2, 0.25) is 0 Å². The van der Waals surface area contributed by atoms with Crippen molar-refractivity contribution in [2.24, 2.45) is 0 Å². The number of nitrogens with zero attached hydrogens (tertiary/aromatic N) is 3. The van der Waals surface area contributed by atoms with Crippen molar-refractivity contribution in [1.29, 1.82) is 0 Å². The number of benzene rings is 2. The number of likely N-dealkylation sites (tertiary alicyclic amines) is 1. The summed E-state index contributed by atoms with van der Waals surface area (Å²) in [6.45, 7) is 5.62. The van der Waals surface area contributed by atoms with E-state index in [0.717, 1.165) is 31.2 Å². The van der Waals surface area contributed by atoms with Crippen molar-refractivity contribution >= 4 is 11.6 Å². The van der Waals surface area contributed by atoms with E-state index in [1.807, 2.05) is 24.1 Å². The van der Waals surface area contributed by atoms with E-state index in [4.69, 9.17) is 0 Å². The molecule has 3 aliphatic rings. The molecule has 2 aromatic rings. The molecule has 0 radical (unpaired) electrons. The normalized spacial score (nSPS) is 22.1. The Bertz CT molecular complexity index is 926. The lowest BCUT2D eigenvalue weighted by atomic mass is 9.82. The molecule has 0 saturated carbocycles. The van der Waals surface area contributed by atoms with Gasteiger partial charge in [-0.05, 0) is 93.4 Å². The number of hydrogen-bond acceptors (Lipinski definition) is 3. The van der Waals surface area contributed by atoms with Crippen molar-refractivity contribution < 1.29 is 4.79 Å². The molecule has 5 rings (SSSR count). The van der Waals surface area contributed by atoms with Crippen LogP contribution in [0.5, 0.6) is 0 Å². The van der Waals surface area contributed by atoms with E-state index in [9.17, 15) is 4.79 Å². The van der Waals surface area contributed by atoms with Crippen LogP contribution in [-0.4, -0.2) is 61.5 Å². The zero-order valence-corrected chi connectivity index (χ0v) is 20.2. The summed E-state index contributed by atoms with van der Waals surface area (Å²) in [4.78, 5) is 20.3. The maximum Gasteiger partial charge on any atom is 0.253 e. The molecule has 2 fully saturated rings. The van der Waals surface area contributed by atoms with Crippen LogP contribution in [0, 0.1) is 0 Å². The molecular formula is C29H39N3O. The number of amides is 1. The van der Waals surface area contributed by atoms with Gasteiger partial charge in [-0.1, -0.05) is 30.7 Å². The molecule has 2 aliphatic heterocycles. The summed E-state index contributed by atoms with van der Waals surface area (Å²) in [6.07, 6.45) is 10.2. The Morgan fingerprint density at radius 3 is 2.36 bits per heavy atom. The average molecular weight is 446 g/mol. The summed E-state index contributed by atoms with van der Waals surface area (Å²) >= 11 is 0. The molecule has 4 nitrogen and oxygen atoms in total. The zero-order valence-electron chi connectivity index (χ0n) is 20.2. The fourth-order valence-corrected chi connectivity index (χ4v) is 6.27. The fraction of sp³-hybridized carbons (Fsp3) is 0.552. The molecule has 0 aromatic heterocycles. The number of carbonyl (C=O) groups excluding carboxylic acids is 1. The average Bonchev–Trinajstić information content (AvgIpc) is 2.89. The molecule has 176 valence electrons. The second-order valence-electron chi connectivity index (χ2n) is 10.3. The third kappa shape index (κ3) is 5.11. The van der Waals surface area contributed by atoms with Crippen LogP contribution < -0.4 is 4.90 Å². The van der Waals surface area contributed by atoms with Crippen LogP contribution in [0.1, 0.15) is 72.3 Å². The molecule has 0 spiro atoms. The third-order valence-electron chi connectivity index (χ3n) is 8.19. The van der Waals surface area contributed by atoms with Gasteiger partial charge >= 0.3 is 0 Å². The van der Waals surface area contributed by atoms with E-state index >= 15 is 0 Å². The number of hydrogen-bond donors (Lipinski definition) is 0. The minimum atomic E-state index is 0.133. The van der Waals surface area contributed by atoms with E-state index in [-0.39, 0.29) is 5.91 Å². The van der Waals surface area contributed by atoms with E-state index < -0.39 is 0 Å². The first-order chi connectivity index (χ1) is 16.2. The topological polar surface area (TPSA) is 26.8 Å². The maximum atomic E-state index is 13.1. The molecule has 1 aliphatic carbocycles. The predicted molar refractivity (Wildman–Crippen MR) is 136 cm³/mol. The summed E-state index contributed by atoms with van der Waals surface area (Å²) in [7, 11) is 1.96. The highest BCUT2D eigenvalue weighted by atomic mass is 16.2. The van der Waals surface area contributed by atoms with Crippen LogP contribution in [0.4, 0.5) is 5.69 Å². The lowest BCUT2D eigenvalue weighted by molar-refractivity contribution is 0.0783. The highest BCUT2D eigenvalue weighted by molar-refractivity contribution is 5.94. The highest BCUT2D eigenvalue weighted by Gasteiger charge is 2.26. The number of rotatable bonds is 5. The largest absolute Gasteiger partial charge is 0.371 e. The number of carbonyl (C=O) groups is 1. The Morgan fingerprint density at radius 2 is 1.61 bits per heavy atom. The summed E-state index contributed by atoms with van der Waals surface area (Å²) < 4.78 is 0. The minimum absolute atomic E-state index is 0.133. The van der Waals surface area contributed by atoms with Gasteiger partial charge in [0.25, 0.3) is 5.91 Å². The number of likely N-dealkylation sites (N-methyl/N-ethyl adjacent to an activating group) is 1. The Labute approximate surface area is 199 Å². The van der Waals surface area contributed by atoms with Gasteiger partial charge in [0.15, 0.2) is 0 Å². The fourth-order valence-electron chi connectivity index (χ4n) is 6.27. The number of piperidine rings is 2. The predicted octanol–water partition coefficient (Wildman–Crippen LogP) is 5.33. The monoisotopic (exact) mass is 445 g/mol. The van der Waals surface area contributed by atoms with Gasteiger partial charge < -0.3 is 14.7 Å². The molecule has 1 atom stereocenters. The summed E-state index contributed by atoms with van der Waals surface area (Å²) in [5.41, 5.74) is 4.95. The van der Waals surface area contributed by atoms with Gasteiger partial charge in [0, 0.05) is 49.9 Å². The van der Waals surface area contributed by atoms with Crippen LogP contribution >= 0.6 is 0 Å². The highest BCUT2D eigenvalue weighted by Crippen LogP contribution is 2.32. The molecule has 4 heteroatoms. The number of fused-ring (bicyclic) bond motifs is 1. The first kappa shape index (κ1) is 22.5. The second kappa shape index (κ2) is 10.3. The molecule has 2 saturated heterocycles. The maximum absolute atomic E-state index is 13.1. The molecule has 1 unspecified atom stereocenters. The van der Waals surface area contributed by atoms with Gasteiger partial charge in [0.1, 0.15) is 0 Å². The molecule has 2 aromatic carbocycles. The first-order valence-electron chi connectivity index (χ1n) is 13.1. The summed E-state index contributed by atoms with van der Waals surface area (Å²) in [5.74, 6) is 0.581. The SMILES string of the molecule is CN(CC1CCCc2ccccc21)C(=O)c1ccc(N2CCC(N3CCCCC3)CC2)cc1. The van der Waals surface area contributed by atoms with Crippen LogP contribution in [0.15, 0.2) is 48.5 Å². The first-order valence-corrected chi connectivity index (χ1v) is 13.1. The van der Waals surface area contributed by atoms with E-state index in [0.29, 0.717) is 5.92 Å². The van der Waals surface area contributed by atoms with Crippen molar-refractivity contribution in [1.82, 2.24) is 9.80 Å². The van der Waals surface area contributed by atoms with Gasteiger partial charge in [-0.2, -0.15) is 0 Å². The second-order valence-corrected chi connectivity index (χ2v) is 10.3. The number of aryl methyl sites for hydroxylation is 1. The lowest BCUT2D eigenvalue weighted by Gasteiger charge is -2.41. The van der Waals surface area contributed by atoms with E-state index in [1.165, 1.54) is 81.3 Å². The lowest BCUT2D eigenvalue weighted by Crippen LogP contribution is -2.46. The van der Waals surface area contributed by atoms with Crippen LogP contribution in [0.25, 0.3) is 0 Å². The molecular weight excluding hydrogens is 406 g/mol. The van der Waals surface area contributed by atoms with E-state index in [1.54, 1.807) is 0 Å². The molecule has 1 amide bonds. The quantitative estimate of drug-likeness (QED) is 0.622. The van der Waals surface area contributed by atoms with Gasteiger partial charge in [0.2, 0.25) is 0 Å². The van der Waals surface area contributed by atoms with Crippen LogP contribution in [-0.2, 0) is 6.42 Å². The van der Waals surface area contributed by atoms with Gasteiger partial charge in [-0.15, -0.1) is 0 Å². The van der Waals surface area contributed by atoms with Crippen molar-refractivity contribution in [3.05, 3.63) is 65.2 Å². The Morgan fingerprint density at radius 1 is 0.879 bits per heavy atom. The van der Waals surface area contributed by atoms with Crippen molar-refractivity contribution in [3.63, 3.8) is 0 Å². The Hall–Kier alpha value is -2.33. The van der Waals surface area contributed by atoms with Gasteiger partial charge in [0.05, 0.1) is 0 Å². The molecule has 2 heterocycles. The molecule has 0 bridgehead atoms. The summed E-state index contributed by atoms with van der Waals surface area (Å²) in [6, 6.07) is 17.9. The third-order valence-corrected chi connectivity index (χ3v) is 8.19. The summed E-state index contributed by atoms with van der Waals surface area (Å²) in [5, 5.41) is 0. The van der Waals surface area contributed by atoms with Crippen LogP contribution in [0.3, 0.4) is 0 Å². The van der Waals surface area contributed by atoms with Gasteiger partial charge in [-0.3, -0.25) is 4.79 Å². The number of anilines is 1. The van der Waals surface area contributed by atoms with E-state index in [2.05, 4.69) is 46.2 Å². The Kier molecular flexibility index (Phi) is 7.01. The standard InChI is InChI=1S/C29H39N3O/c1-30(22-25-10-7-9-23-8-3-4-11-28(23)25)29(33)24-12-14-26(15-13-24)32-20-16-27(17-21-32)31-18-5-2-6-19-31/h3-4,8,11-15,25,27H,2,5-7,9-10,16-22H2,1H3.